The van der Waals surface area contributed by atoms with Crippen molar-refractivity contribution in [1.82, 2.24) is 29.5 Å². The Hall–Kier alpha value is -3.06. The molecule has 220 valence electrons. The average Bonchev–Trinajstić information content (AvgIpc) is 3.60. The first kappa shape index (κ1) is 31.5. The van der Waals surface area contributed by atoms with Crippen molar-refractivity contribution in [3.63, 3.8) is 0 Å². The number of ether oxygens (including phenoxy) is 1. The fourth-order valence-electron chi connectivity index (χ4n) is 4.19. The molecule has 1 N–H and O–H groups in total. The number of carbonyl (C=O) groups excluding carboxylic acids is 1. The standard InChI is InChI=1S/C25H35F2N6O6P/c1-2-3-4-5-6-7-8-9-24(34)37-12-13-38-40(35,36)39-25(15-32-19-28-17-30-32,16-33-20-29-18-31-33)22-11-10-21(26)14-23(22)27/h10-11,14,17-20H,2-9,12-13,15-16H2,1H3,(H,35,36). The molecule has 0 saturated heterocycles. The Morgan fingerprint density at radius 1 is 0.975 bits per heavy atom. The molecule has 40 heavy (non-hydrogen) atoms. The van der Waals surface area contributed by atoms with E-state index in [0.717, 1.165) is 31.4 Å². The number of nitrogens with zero attached hydrogens (tertiary/aromatic N) is 6. The van der Waals surface area contributed by atoms with Crippen LogP contribution in [0.3, 0.4) is 0 Å². The Labute approximate surface area is 231 Å². The van der Waals surface area contributed by atoms with Crippen LogP contribution in [0.2, 0.25) is 0 Å². The second-order valence-electron chi connectivity index (χ2n) is 9.29. The smallest absolute Gasteiger partial charge is 0.463 e. The summed E-state index contributed by atoms with van der Waals surface area (Å²) in [5.74, 6) is -2.32. The Bertz CT molecular complexity index is 1180. The fraction of sp³-hybridized carbons (Fsp3) is 0.560. The van der Waals surface area contributed by atoms with Gasteiger partial charge >= 0.3 is 13.8 Å². The third kappa shape index (κ3) is 10.2. The second kappa shape index (κ2) is 15.7. The highest BCUT2D eigenvalue weighted by atomic mass is 31.2. The molecule has 0 saturated carbocycles. The van der Waals surface area contributed by atoms with Gasteiger partial charge in [-0.05, 0) is 12.5 Å². The van der Waals surface area contributed by atoms with E-state index in [2.05, 4.69) is 27.1 Å². The highest BCUT2D eigenvalue weighted by molar-refractivity contribution is 7.47. The quantitative estimate of drug-likeness (QED) is 0.121. The number of hydrogen-bond acceptors (Lipinski definition) is 9. The number of aromatic nitrogens is 6. The molecule has 1 atom stereocenters. The average molecular weight is 585 g/mol. The number of halogens is 2. The Balaban J connectivity index is 1.65. The minimum atomic E-state index is -4.92. The maximum atomic E-state index is 15.1. The topological polar surface area (TPSA) is 143 Å². The highest BCUT2D eigenvalue weighted by Gasteiger charge is 2.45. The molecule has 0 bridgehead atoms. The Morgan fingerprint density at radius 3 is 2.17 bits per heavy atom. The van der Waals surface area contributed by atoms with Crippen molar-refractivity contribution < 1.29 is 36.8 Å². The van der Waals surface area contributed by atoms with Gasteiger partial charge in [0.05, 0.1) is 19.7 Å². The SMILES string of the molecule is CCCCCCCCCC(=O)OCCOP(=O)(O)OC(Cn1cncn1)(Cn1cncn1)c1ccc(F)cc1F. The van der Waals surface area contributed by atoms with Gasteiger partial charge in [0.1, 0.15) is 49.2 Å². The molecular weight excluding hydrogens is 549 g/mol. The summed E-state index contributed by atoms with van der Waals surface area (Å²) in [5.41, 5.74) is -2.23. The number of benzene rings is 1. The van der Waals surface area contributed by atoms with E-state index in [1.165, 1.54) is 53.9 Å². The zero-order valence-corrected chi connectivity index (χ0v) is 23.3. The Morgan fingerprint density at radius 2 is 1.60 bits per heavy atom. The maximum Gasteiger partial charge on any atom is 0.473 e. The number of carbonyl (C=O) groups is 1. The minimum absolute atomic E-state index is 0.240. The predicted molar refractivity (Wildman–Crippen MR) is 139 cm³/mol. The van der Waals surface area contributed by atoms with Crippen molar-refractivity contribution >= 4 is 13.8 Å². The molecular formula is C25H35F2N6O6P. The van der Waals surface area contributed by atoms with Crippen LogP contribution in [0.1, 0.15) is 63.9 Å². The number of esters is 1. The molecule has 0 fully saturated rings. The van der Waals surface area contributed by atoms with Crippen LogP contribution < -0.4 is 0 Å². The molecule has 12 nitrogen and oxygen atoms in total. The van der Waals surface area contributed by atoms with Gasteiger partial charge in [-0.25, -0.2) is 32.7 Å². The van der Waals surface area contributed by atoms with Crippen LogP contribution in [0.15, 0.2) is 43.5 Å². The van der Waals surface area contributed by atoms with Gasteiger partial charge < -0.3 is 9.63 Å². The molecule has 0 aliphatic carbocycles. The van der Waals surface area contributed by atoms with Crippen LogP contribution in [0.4, 0.5) is 8.78 Å². The normalized spacial score (nSPS) is 13.3. The lowest BCUT2D eigenvalue weighted by Crippen LogP contribution is -2.40. The monoisotopic (exact) mass is 584 g/mol. The molecule has 0 aliphatic rings. The first-order valence-corrected chi connectivity index (χ1v) is 14.7. The van der Waals surface area contributed by atoms with E-state index in [4.69, 9.17) is 13.8 Å². The van der Waals surface area contributed by atoms with Crippen molar-refractivity contribution in [1.29, 1.82) is 0 Å². The first-order chi connectivity index (χ1) is 19.2. The van der Waals surface area contributed by atoms with Crippen LogP contribution in [0.5, 0.6) is 0 Å². The lowest BCUT2D eigenvalue weighted by Gasteiger charge is -2.35. The van der Waals surface area contributed by atoms with Gasteiger partial charge in [0.25, 0.3) is 0 Å². The summed E-state index contributed by atoms with van der Waals surface area (Å²) in [7, 11) is -4.92. The third-order valence-corrected chi connectivity index (χ3v) is 7.15. The van der Waals surface area contributed by atoms with Gasteiger partial charge in [0.15, 0.2) is 0 Å². The molecule has 15 heteroatoms. The minimum Gasteiger partial charge on any atom is -0.463 e. The van der Waals surface area contributed by atoms with E-state index < -0.39 is 37.6 Å². The molecule has 0 aliphatic heterocycles. The first-order valence-electron chi connectivity index (χ1n) is 13.2. The number of rotatable bonds is 19. The van der Waals surface area contributed by atoms with E-state index in [1.54, 1.807) is 0 Å². The molecule has 3 aromatic rings. The van der Waals surface area contributed by atoms with E-state index in [0.29, 0.717) is 12.5 Å². The number of hydrogen-bond donors (Lipinski definition) is 1. The van der Waals surface area contributed by atoms with Crippen molar-refractivity contribution in [2.24, 2.45) is 0 Å². The molecule has 0 amide bonds. The van der Waals surface area contributed by atoms with Gasteiger partial charge in [-0.15, -0.1) is 0 Å². The van der Waals surface area contributed by atoms with Crippen LogP contribution >= 0.6 is 7.82 Å². The fourth-order valence-corrected chi connectivity index (χ4v) is 5.21. The van der Waals surface area contributed by atoms with Gasteiger partial charge in [0, 0.05) is 18.1 Å². The number of phosphoric acid groups is 1. The van der Waals surface area contributed by atoms with E-state index in [1.807, 2.05) is 0 Å². The van der Waals surface area contributed by atoms with Crippen LogP contribution in [-0.2, 0) is 41.8 Å². The second-order valence-corrected chi connectivity index (χ2v) is 10.7. The number of phosphoric ester groups is 1. The predicted octanol–water partition coefficient (Wildman–Crippen LogP) is 4.56. The molecule has 2 aromatic heterocycles. The molecule has 1 aromatic carbocycles. The van der Waals surface area contributed by atoms with Crippen LogP contribution in [0, 0.1) is 11.6 Å². The van der Waals surface area contributed by atoms with Gasteiger partial charge in [-0.2, -0.15) is 10.2 Å². The van der Waals surface area contributed by atoms with E-state index >= 15 is 4.39 Å². The molecule has 0 spiro atoms. The van der Waals surface area contributed by atoms with Crippen molar-refractivity contribution in [3.8, 4) is 0 Å². The summed E-state index contributed by atoms with van der Waals surface area (Å²) in [6.45, 7) is 0.771. The highest BCUT2D eigenvalue weighted by Crippen LogP contribution is 2.51. The van der Waals surface area contributed by atoms with Crippen molar-refractivity contribution in [2.45, 2.75) is 77.0 Å². The number of unbranched alkanes of at least 4 members (excludes halogenated alkanes) is 6. The summed E-state index contributed by atoms with van der Waals surface area (Å²) < 4.78 is 60.2. The molecule has 3 rings (SSSR count). The van der Waals surface area contributed by atoms with E-state index in [9.17, 15) is 18.6 Å². The summed E-state index contributed by atoms with van der Waals surface area (Å²) in [6, 6.07) is 2.72. The molecule has 0 radical (unpaired) electrons. The Kier molecular flexibility index (Phi) is 12.3. The molecule has 1 unspecified atom stereocenters. The van der Waals surface area contributed by atoms with Gasteiger partial charge in [0.2, 0.25) is 0 Å². The van der Waals surface area contributed by atoms with Crippen LogP contribution in [0.25, 0.3) is 0 Å². The largest absolute Gasteiger partial charge is 0.473 e. The summed E-state index contributed by atoms with van der Waals surface area (Å²) >= 11 is 0. The summed E-state index contributed by atoms with van der Waals surface area (Å²) in [5, 5.41) is 7.98. The lowest BCUT2D eigenvalue weighted by atomic mass is 9.93. The van der Waals surface area contributed by atoms with E-state index in [-0.39, 0.29) is 31.7 Å². The van der Waals surface area contributed by atoms with Gasteiger partial charge in [-0.3, -0.25) is 13.8 Å². The van der Waals surface area contributed by atoms with Crippen molar-refractivity contribution in [3.05, 3.63) is 60.7 Å². The van der Waals surface area contributed by atoms with Crippen molar-refractivity contribution in [2.75, 3.05) is 13.2 Å². The zero-order valence-electron chi connectivity index (χ0n) is 22.4. The van der Waals surface area contributed by atoms with Gasteiger partial charge in [-0.1, -0.05) is 51.5 Å². The third-order valence-electron chi connectivity index (χ3n) is 6.07. The lowest BCUT2D eigenvalue weighted by molar-refractivity contribution is -0.144. The summed E-state index contributed by atoms with van der Waals surface area (Å²) in [6.07, 6.45) is 12.7. The maximum absolute atomic E-state index is 15.1. The molecule has 2 heterocycles. The zero-order chi connectivity index (χ0) is 28.8. The summed E-state index contributed by atoms with van der Waals surface area (Å²) in [4.78, 5) is 30.3. The van der Waals surface area contributed by atoms with Crippen LogP contribution in [-0.4, -0.2) is 53.6 Å².